The molecule has 0 fully saturated rings. The molecule has 0 bridgehead atoms. The fraction of sp³-hybridized carbons (Fsp3) is 0. The summed E-state index contributed by atoms with van der Waals surface area (Å²) >= 11 is 17.4. The molecule has 2 aromatic carbocycles. The number of anilines is 2. The van der Waals surface area contributed by atoms with Crippen molar-refractivity contribution in [1.82, 2.24) is 0 Å². The molecule has 0 aliphatic rings. The van der Waals surface area contributed by atoms with Crippen molar-refractivity contribution in [3.05, 3.63) is 51.5 Å². The Balaban J connectivity index is 2.43. The highest BCUT2D eigenvalue weighted by Gasteiger charge is 2.19. The summed E-state index contributed by atoms with van der Waals surface area (Å²) in [4.78, 5) is -0.124. The number of nitrogen functional groups attached to an aromatic ring is 1. The van der Waals surface area contributed by atoms with Crippen molar-refractivity contribution >= 4 is 56.2 Å². The lowest BCUT2D eigenvalue weighted by Gasteiger charge is -2.11. The molecule has 0 spiro atoms. The van der Waals surface area contributed by atoms with E-state index >= 15 is 0 Å². The summed E-state index contributed by atoms with van der Waals surface area (Å²) in [5.41, 5.74) is 6.13. The van der Waals surface area contributed by atoms with E-state index in [2.05, 4.69) is 4.72 Å². The van der Waals surface area contributed by atoms with E-state index < -0.39 is 10.0 Å². The molecule has 2 aromatic rings. The lowest BCUT2D eigenvalue weighted by atomic mass is 10.3. The molecule has 0 saturated heterocycles. The molecule has 0 atom stereocenters. The fourth-order valence-corrected chi connectivity index (χ4v) is 3.54. The number of hydrogen-bond donors (Lipinski definition) is 2. The maximum absolute atomic E-state index is 12.3. The predicted molar refractivity (Wildman–Crippen MR) is 83.1 cm³/mol. The minimum atomic E-state index is -3.89. The van der Waals surface area contributed by atoms with Gasteiger partial charge in [-0.15, -0.1) is 0 Å². The first-order chi connectivity index (χ1) is 9.29. The second-order valence-corrected chi connectivity index (χ2v) is 6.84. The minimum absolute atomic E-state index is 0.0643. The minimum Gasteiger partial charge on any atom is -0.397 e. The number of sulfonamides is 1. The molecule has 0 radical (unpaired) electrons. The van der Waals surface area contributed by atoms with Gasteiger partial charge in [-0.2, -0.15) is 0 Å². The first-order valence-corrected chi connectivity index (χ1v) is 7.94. The Kier molecular flexibility index (Phi) is 4.34. The van der Waals surface area contributed by atoms with Crippen molar-refractivity contribution in [1.29, 1.82) is 0 Å². The number of rotatable bonds is 3. The van der Waals surface area contributed by atoms with Crippen LogP contribution in [0.2, 0.25) is 15.1 Å². The Morgan fingerprint density at radius 3 is 2.20 bits per heavy atom. The smallest absolute Gasteiger partial charge is 0.263 e. The quantitative estimate of drug-likeness (QED) is 0.820. The van der Waals surface area contributed by atoms with Gasteiger partial charge >= 0.3 is 0 Å². The number of nitrogens with one attached hydrogen (secondary N) is 1. The van der Waals surface area contributed by atoms with Crippen LogP contribution >= 0.6 is 34.8 Å². The highest BCUT2D eigenvalue weighted by Crippen LogP contribution is 2.29. The van der Waals surface area contributed by atoms with Crippen LogP contribution in [0.3, 0.4) is 0 Å². The Morgan fingerprint density at radius 2 is 1.55 bits per heavy atom. The van der Waals surface area contributed by atoms with Crippen LogP contribution in [0.15, 0.2) is 41.3 Å². The molecule has 20 heavy (non-hydrogen) atoms. The van der Waals surface area contributed by atoms with Crippen LogP contribution in [0, 0.1) is 0 Å². The van der Waals surface area contributed by atoms with Gasteiger partial charge in [0.05, 0.1) is 16.4 Å². The van der Waals surface area contributed by atoms with Gasteiger partial charge in [0, 0.05) is 10.0 Å². The van der Waals surface area contributed by atoms with Gasteiger partial charge in [0.2, 0.25) is 0 Å². The molecule has 0 heterocycles. The summed E-state index contributed by atoms with van der Waals surface area (Å²) in [6.07, 6.45) is 0. The number of nitrogens with two attached hydrogens (primary N) is 1. The number of hydrogen-bond acceptors (Lipinski definition) is 3. The van der Waals surface area contributed by atoms with Gasteiger partial charge in [-0.25, -0.2) is 8.42 Å². The van der Waals surface area contributed by atoms with Crippen molar-refractivity contribution in [2.24, 2.45) is 0 Å². The van der Waals surface area contributed by atoms with E-state index in [4.69, 9.17) is 40.5 Å². The average molecular weight is 352 g/mol. The van der Waals surface area contributed by atoms with Gasteiger partial charge in [-0.1, -0.05) is 34.8 Å². The molecular formula is C12H9Cl3N2O2S. The van der Waals surface area contributed by atoms with E-state index in [1.807, 2.05) is 0 Å². The van der Waals surface area contributed by atoms with Crippen molar-refractivity contribution in [2.75, 3.05) is 10.5 Å². The molecule has 2 rings (SSSR count). The molecule has 3 N–H and O–H groups in total. The second kappa shape index (κ2) is 5.69. The zero-order valence-electron chi connectivity index (χ0n) is 9.90. The molecule has 4 nitrogen and oxygen atoms in total. The second-order valence-electron chi connectivity index (χ2n) is 3.91. The van der Waals surface area contributed by atoms with Crippen LogP contribution in [0.25, 0.3) is 0 Å². The van der Waals surface area contributed by atoms with Crippen LogP contribution in [-0.2, 0) is 10.0 Å². The Bertz CT molecular complexity index is 763. The van der Waals surface area contributed by atoms with E-state index in [1.165, 1.54) is 36.4 Å². The van der Waals surface area contributed by atoms with Crippen molar-refractivity contribution in [3.8, 4) is 0 Å². The van der Waals surface area contributed by atoms with Gasteiger partial charge in [-0.05, 0) is 36.4 Å². The number of benzene rings is 2. The maximum Gasteiger partial charge on any atom is 0.263 e. The van der Waals surface area contributed by atoms with Crippen LogP contribution in [-0.4, -0.2) is 8.42 Å². The van der Waals surface area contributed by atoms with E-state index in [0.29, 0.717) is 5.02 Å². The molecule has 0 saturated carbocycles. The van der Waals surface area contributed by atoms with Crippen LogP contribution in [0.1, 0.15) is 0 Å². The fourth-order valence-electron chi connectivity index (χ4n) is 1.51. The van der Waals surface area contributed by atoms with Gasteiger partial charge in [0.25, 0.3) is 10.0 Å². The zero-order valence-corrected chi connectivity index (χ0v) is 13.0. The van der Waals surface area contributed by atoms with Crippen LogP contribution in [0.5, 0.6) is 0 Å². The first-order valence-electron chi connectivity index (χ1n) is 5.32. The molecular weight excluding hydrogens is 343 g/mol. The van der Waals surface area contributed by atoms with E-state index in [0.717, 1.165) is 0 Å². The third-order valence-corrected chi connectivity index (χ3v) is 4.76. The molecule has 8 heteroatoms. The monoisotopic (exact) mass is 350 g/mol. The largest absolute Gasteiger partial charge is 0.397 e. The van der Waals surface area contributed by atoms with E-state index in [9.17, 15) is 8.42 Å². The summed E-state index contributed by atoms with van der Waals surface area (Å²) in [5.74, 6) is 0. The molecule has 0 amide bonds. The SMILES string of the molecule is Nc1cc(Cl)ccc1NS(=O)(=O)c1cc(Cl)ccc1Cl. The van der Waals surface area contributed by atoms with Crippen LogP contribution in [0.4, 0.5) is 11.4 Å². The van der Waals surface area contributed by atoms with Gasteiger partial charge in [0.1, 0.15) is 4.90 Å². The van der Waals surface area contributed by atoms with E-state index in [-0.39, 0.29) is 26.3 Å². The average Bonchev–Trinajstić information content (AvgIpc) is 2.35. The maximum atomic E-state index is 12.3. The normalized spacial score (nSPS) is 11.3. The Morgan fingerprint density at radius 1 is 0.950 bits per heavy atom. The van der Waals surface area contributed by atoms with Gasteiger partial charge in [0.15, 0.2) is 0 Å². The Labute approximate surface area is 131 Å². The molecule has 0 unspecified atom stereocenters. The third-order valence-electron chi connectivity index (χ3n) is 2.44. The summed E-state index contributed by atoms with van der Waals surface area (Å²) in [5, 5.41) is 0.736. The van der Waals surface area contributed by atoms with Gasteiger partial charge < -0.3 is 5.73 Å². The topological polar surface area (TPSA) is 72.2 Å². The molecule has 0 aliphatic carbocycles. The summed E-state index contributed by atoms with van der Waals surface area (Å²) in [6, 6.07) is 8.60. The van der Waals surface area contributed by atoms with Crippen LogP contribution < -0.4 is 10.5 Å². The number of halogens is 3. The highest BCUT2D eigenvalue weighted by molar-refractivity contribution is 7.92. The van der Waals surface area contributed by atoms with Crippen molar-refractivity contribution in [3.63, 3.8) is 0 Å². The van der Waals surface area contributed by atoms with Crippen molar-refractivity contribution in [2.45, 2.75) is 4.90 Å². The predicted octanol–water partition coefficient (Wildman–Crippen LogP) is 4.03. The van der Waals surface area contributed by atoms with Crippen molar-refractivity contribution < 1.29 is 8.42 Å². The Hall–Kier alpha value is -1.14. The molecule has 0 aliphatic heterocycles. The zero-order chi connectivity index (χ0) is 14.9. The summed E-state index contributed by atoms with van der Waals surface area (Å²) < 4.78 is 26.9. The summed E-state index contributed by atoms with van der Waals surface area (Å²) in [6.45, 7) is 0. The van der Waals surface area contributed by atoms with Gasteiger partial charge in [-0.3, -0.25) is 4.72 Å². The lowest BCUT2D eigenvalue weighted by Crippen LogP contribution is -2.14. The first kappa shape index (κ1) is 15.3. The lowest BCUT2D eigenvalue weighted by molar-refractivity contribution is 0.601. The standard InChI is InChI=1S/C12H9Cl3N2O2S/c13-7-2-4-11(10(16)5-7)17-20(18,19)12-6-8(14)1-3-9(12)15/h1-6,17H,16H2. The molecule has 106 valence electrons. The molecule has 0 aromatic heterocycles. The third kappa shape index (κ3) is 3.30. The highest BCUT2D eigenvalue weighted by atomic mass is 35.5. The summed E-state index contributed by atoms with van der Waals surface area (Å²) in [7, 11) is -3.89. The van der Waals surface area contributed by atoms with E-state index in [1.54, 1.807) is 0 Å².